The minimum atomic E-state index is -0.0682. The lowest BCUT2D eigenvalue weighted by atomic mass is 10.1. The molecule has 6 nitrogen and oxygen atoms in total. The summed E-state index contributed by atoms with van der Waals surface area (Å²) in [5.74, 6) is -0.0682. The lowest BCUT2D eigenvalue weighted by molar-refractivity contribution is 0.0900. The highest BCUT2D eigenvalue weighted by Gasteiger charge is 2.11. The van der Waals surface area contributed by atoms with Crippen molar-refractivity contribution < 1.29 is 9.53 Å². The Hall–Kier alpha value is -1.79. The largest absolute Gasteiger partial charge is 0.382 e. The van der Waals surface area contributed by atoms with Crippen LogP contribution in [0.25, 0.3) is 0 Å². The fourth-order valence-electron chi connectivity index (χ4n) is 2.07. The lowest BCUT2D eigenvalue weighted by Gasteiger charge is -2.20. The number of hydrogen-bond donors (Lipinski definition) is 3. The van der Waals surface area contributed by atoms with Crippen LogP contribution in [0.15, 0.2) is 18.2 Å². The van der Waals surface area contributed by atoms with Crippen LogP contribution in [0.5, 0.6) is 0 Å². The van der Waals surface area contributed by atoms with Crippen LogP contribution in [0, 0.1) is 0 Å². The minimum Gasteiger partial charge on any atom is -0.382 e. The van der Waals surface area contributed by atoms with Crippen molar-refractivity contribution >= 4 is 17.3 Å². The van der Waals surface area contributed by atoms with Crippen molar-refractivity contribution in [1.29, 1.82) is 0 Å². The van der Waals surface area contributed by atoms with Crippen LogP contribution in [0.1, 0.15) is 10.4 Å². The van der Waals surface area contributed by atoms with E-state index < -0.39 is 0 Å². The smallest absolute Gasteiger partial charge is 0.251 e. The Kier molecular flexibility index (Phi) is 5.83. The van der Waals surface area contributed by atoms with Gasteiger partial charge in [-0.15, -0.1) is 0 Å². The molecule has 0 spiro atoms. The maximum atomic E-state index is 12.0. The maximum absolute atomic E-state index is 12.0. The Labute approximate surface area is 125 Å². The average Bonchev–Trinajstić information content (AvgIpc) is 2.49. The van der Waals surface area contributed by atoms with Gasteiger partial charge in [0.2, 0.25) is 0 Å². The molecule has 1 aliphatic rings. The maximum Gasteiger partial charge on any atom is 0.251 e. The number of nitrogens with one attached hydrogen (secondary N) is 3. The first-order chi connectivity index (χ1) is 10.2. The van der Waals surface area contributed by atoms with E-state index in [0.29, 0.717) is 25.3 Å². The van der Waals surface area contributed by atoms with Gasteiger partial charge in [-0.05, 0) is 32.3 Å². The van der Waals surface area contributed by atoms with Gasteiger partial charge >= 0.3 is 0 Å². The number of hydrogen-bond acceptors (Lipinski definition) is 5. The lowest BCUT2D eigenvalue weighted by Crippen LogP contribution is -2.28. The van der Waals surface area contributed by atoms with Crippen molar-refractivity contribution in [3.63, 3.8) is 0 Å². The van der Waals surface area contributed by atoms with Crippen molar-refractivity contribution in [2.45, 2.75) is 0 Å². The third-order valence-electron chi connectivity index (χ3n) is 3.25. The van der Waals surface area contributed by atoms with Crippen LogP contribution in [0.4, 0.5) is 11.4 Å². The predicted octanol–water partition coefficient (Wildman–Crippen LogP) is 0.832. The number of amides is 1. The molecule has 0 saturated heterocycles. The van der Waals surface area contributed by atoms with E-state index in [0.717, 1.165) is 31.0 Å². The van der Waals surface area contributed by atoms with E-state index in [1.165, 1.54) is 0 Å². The molecule has 0 bridgehead atoms. The zero-order chi connectivity index (χ0) is 15.1. The van der Waals surface area contributed by atoms with Gasteiger partial charge in [-0.1, -0.05) is 0 Å². The fraction of sp³-hybridized carbons (Fsp3) is 0.533. The van der Waals surface area contributed by atoms with E-state index in [-0.39, 0.29) is 5.91 Å². The molecule has 1 heterocycles. The molecular formula is C15H24N4O2. The molecule has 116 valence electrons. The number of ether oxygens (including phenoxy) is 1. The molecule has 3 N–H and O–H groups in total. The highest BCUT2D eigenvalue weighted by molar-refractivity contribution is 5.96. The van der Waals surface area contributed by atoms with Gasteiger partial charge in [0.25, 0.3) is 5.91 Å². The first-order valence-corrected chi connectivity index (χ1v) is 7.29. The number of fused-ring (bicyclic) bond motifs is 1. The summed E-state index contributed by atoms with van der Waals surface area (Å²) in [4.78, 5) is 14.1. The number of carbonyl (C=O) groups is 1. The second-order valence-electron chi connectivity index (χ2n) is 5.29. The highest BCUT2D eigenvalue weighted by Crippen LogP contribution is 2.25. The van der Waals surface area contributed by atoms with Gasteiger partial charge in [-0.25, -0.2) is 0 Å². The number of carbonyl (C=O) groups excluding carboxylic acids is 1. The predicted molar refractivity (Wildman–Crippen MR) is 85.1 cm³/mol. The third kappa shape index (κ3) is 4.91. The van der Waals surface area contributed by atoms with Gasteiger partial charge in [-0.3, -0.25) is 4.79 Å². The molecular weight excluding hydrogens is 268 g/mol. The molecule has 0 unspecified atom stereocenters. The van der Waals surface area contributed by atoms with Gasteiger partial charge in [-0.2, -0.15) is 0 Å². The molecule has 0 aliphatic carbocycles. The van der Waals surface area contributed by atoms with Crippen LogP contribution in [-0.4, -0.2) is 64.3 Å². The summed E-state index contributed by atoms with van der Waals surface area (Å²) < 4.78 is 5.44. The van der Waals surface area contributed by atoms with E-state index in [1.54, 1.807) is 0 Å². The molecule has 0 fully saturated rings. The molecule has 6 heteroatoms. The Morgan fingerprint density at radius 1 is 1.24 bits per heavy atom. The van der Waals surface area contributed by atoms with Gasteiger partial charge < -0.3 is 25.6 Å². The zero-order valence-corrected chi connectivity index (χ0v) is 12.7. The van der Waals surface area contributed by atoms with Gasteiger partial charge in [0.05, 0.1) is 24.6 Å². The van der Waals surface area contributed by atoms with Crippen molar-refractivity contribution in [3.05, 3.63) is 23.8 Å². The monoisotopic (exact) mass is 292 g/mol. The summed E-state index contributed by atoms with van der Waals surface area (Å²) in [5, 5.41) is 9.43. The number of anilines is 2. The standard InChI is InChI=1S/C15H24N4O2/c1-19(2)8-10-21-9-7-18-15(20)12-3-4-13-14(11-12)17-6-5-16-13/h3-4,11,16-17H,5-10H2,1-2H3,(H,18,20). The van der Waals surface area contributed by atoms with Gasteiger partial charge in [0, 0.05) is 31.7 Å². The Bertz CT molecular complexity index is 477. The Morgan fingerprint density at radius 3 is 2.76 bits per heavy atom. The molecule has 1 amide bonds. The summed E-state index contributed by atoms with van der Waals surface area (Å²) in [5.41, 5.74) is 2.69. The second kappa shape index (κ2) is 7.85. The first kappa shape index (κ1) is 15.6. The molecule has 0 aromatic heterocycles. The van der Waals surface area contributed by atoms with E-state index in [2.05, 4.69) is 20.9 Å². The van der Waals surface area contributed by atoms with Crippen molar-refractivity contribution in [1.82, 2.24) is 10.2 Å². The SMILES string of the molecule is CN(C)CCOCCNC(=O)c1ccc2c(c1)NCCN2. The summed E-state index contributed by atoms with van der Waals surface area (Å²) in [6.07, 6.45) is 0. The van der Waals surface area contributed by atoms with Gasteiger partial charge in [0.15, 0.2) is 0 Å². The quantitative estimate of drug-likeness (QED) is 0.650. The zero-order valence-electron chi connectivity index (χ0n) is 12.7. The number of nitrogens with zero attached hydrogens (tertiary/aromatic N) is 1. The molecule has 21 heavy (non-hydrogen) atoms. The molecule has 1 aromatic rings. The van der Waals surface area contributed by atoms with Crippen LogP contribution >= 0.6 is 0 Å². The summed E-state index contributed by atoms with van der Waals surface area (Å²) in [6, 6.07) is 5.65. The third-order valence-corrected chi connectivity index (χ3v) is 3.25. The Balaban J connectivity index is 1.73. The van der Waals surface area contributed by atoms with E-state index in [9.17, 15) is 4.79 Å². The van der Waals surface area contributed by atoms with E-state index in [4.69, 9.17) is 4.74 Å². The van der Waals surface area contributed by atoms with Crippen LogP contribution in [0.3, 0.4) is 0 Å². The topological polar surface area (TPSA) is 65.6 Å². The minimum absolute atomic E-state index is 0.0682. The van der Waals surface area contributed by atoms with Crippen molar-refractivity contribution in [3.8, 4) is 0 Å². The summed E-state index contributed by atoms with van der Waals surface area (Å²) >= 11 is 0. The van der Waals surface area contributed by atoms with Crippen LogP contribution in [0.2, 0.25) is 0 Å². The first-order valence-electron chi connectivity index (χ1n) is 7.29. The normalized spacial score (nSPS) is 13.3. The molecule has 2 rings (SSSR count). The number of benzene rings is 1. The Morgan fingerprint density at radius 2 is 2.00 bits per heavy atom. The van der Waals surface area contributed by atoms with Crippen LogP contribution < -0.4 is 16.0 Å². The van der Waals surface area contributed by atoms with Crippen LogP contribution in [-0.2, 0) is 4.74 Å². The second-order valence-corrected chi connectivity index (χ2v) is 5.29. The number of rotatable bonds is 7. The molecule has 1 aromatic carbocycles. The van der Waals surface area contributed by atoms with Crippen molar-refractivity contribution in [2.24, 2.45) is 0 Å². The summed E-state index contributed by atoms with van der Waals surface area (Å²) in [6.45, 7) is 4.40. The van der Waals surface area contributed by atoms with Gasteiger partial charge in [0.1, 0.15) is 0 Å². The number of likely N-dealkylation sites (N-methyl/N-ethyl adjacent to an activating group) is 1. The molecule has 0 atom stereocenters. The molecule has 0 saturated carbocycles. The van der Waals surface area contributed by atoms with Crippen molar-refractivity contribution in [2.75, 3.05) is 64.1 Å². The highest BCUT2D eigenvalue weighted by atomic mass is 16.5. The van der Waals surface area contributed by atoms with E-state index in [1.807, 2.05) is 32.3 Å². The average molecular weight is 292 g/mol. The molecule has 0 radical (unpaired) electrons. The molecule has 1 aliphatic heterocycles. The summed E-state index contributed by atoms with van der Waals surface area (Å²) in [7, 11) is 4.01. The van der Waals surface area contributed by atoms with E-state index >= 15 is 0 Å². The fourth-order valence-corrected chi connectivity index (χ4v) is 2.07.